The van der Waals surface area contributed by atoms with Crippen LogP contribution < -0.4 is 10.0 Å². The summed E-state index contributed by atoms with van der Waals surface area (Å²) in [4.78, 5) is 0.217. The lowest BCUT2D eigenvalue weighted by Crippen LogP contribution is -2.25. The summed E-state index contributed by atoms with van der Waals surface area (Å²) in [5, 5.41) is 4.24. The lowest BCUT2D eigenvalue weighted by atomic mass is 10.2. The van der Waals surface area contributed by atoms with Crippen LogP contribution in [-0.2, 0) is 19.9 Å². The second-order valence-corrected chi connectivity index (χ2v) is 8.97. The quantitative estimate of drug-likeness (QED) is 0.836. The van der Waals surface area contributed by atoms with Crippen LogP contribution in [0.15, 0.2) is 40.6 Å². The third-order valence-electron chi connectivity index (χ3n) is 3.35. The number of hydrogen-bond donors (Lipinski definition) is 2. The first-order chi connectivity index (χ1) is 9.84. The normalized spacial score (nSPS) is 24.1. The molecule has 0 radical (unpaired) electrons. The molecule has 2 aliphatic rings. The molecule has 1 unspecified atom stereocenters. The molecule has 0 spiro atoms. The summed E-state index contributed by atoms with van der Waals surface area (Å²) in [6, 6.07) is 6.10. The minimum Gasteiger partial charge on any atom is -0.378 e. The highest BCUT2D eigenvalue weighted by Gasteiger charge is 2.28. The van der Waals surface area contributed by atoms with Gasteiger partial charge in [0.15, 0.2) is 9.84 Å². The molecule has 1 aromatic carbocycles. The largest absolute Gasteiger partial charge is 0.378 e. The van der Waals surface area contributed by atoms with Crippen LogP contribution in [0.2, 0.25) is 0 Å². The summed E-state index contributed by atoms with van der Waals surface area (Å²) < 4.78 is 49.2. The third kappa shape index (κ3) is 3.63. The van der Waals surface area contributed by atoms with Crippen LogP contribution in [0.3, 0.4) is 0 Å². The van der Waals surface area contributed by atoms with Gasteiger partial charge in [0, 0.05) is 17.1 Å². The Hall–Kier alpha value is -1.38. The SMILES string of the molecule is O=S1(=O)C=CC(Nc2ccc(S(=O)(=O)NC3CC3)cc2)C1. The number of nitrogens with one attached hydrogen (secondary N) is 2. The summed E-state index contributed by atoms with van der Waals surface area (Å²) in [5.74, 6) is 0.0241. The molecule has 1 aliphatic heterocycles. The average molecular weight is 328 g/mol. The van der Waals surface area contributed by atoms with Crippen molar-refractivity contribution in [1.82, 2.24) is 4.72 Å². The Balaban J connectivity index is 1.68. The van der Waals surface area contributed by atoms with Gasteiger partial charge in [-0.1, -0.05) is 6.08 Å². The lowest BCUT2D eigenvalue weighted by Gasteiger charge is -2.12. The molecule has 0 amide bonds. The smallest absolute Gasteiger partial charge is 0.240 e. The van der Waals surface area contributed by atoms with Gasteiger partial charge in [0.2, 0.25) is 10.0 Å². The molecule has 1 fully saturated rings. The fraction of sp³-hybridized carbons (Fsp3) is 0.385. The molecule has 1 heterocycles. The Morgan fingerprint density at radius 3 is 2.29 bits per heavy atom. The van der Waals surface area contributed by atoms with Crippen molar-refractivity contribution < 1.29 is 16.8 Å². The average Bonchev–Trinajstić information content (AvgIpc) is 3.13. The predicted octanol–water partition coefficient (Wildman–Crippen LogP) is 0.850. The second-order valence-electron chi connectivity index (χ2n) is 5.33. The van der Waals surface area contributed by atoms with Gasteiger partial charge in [0.1, 0.15) is 0 Å². The lowest BCUT2D eigenvalue weighted by molar-refractivity contribution is 0.581. The van der Waals surface area contributed by atoms with Gasteiger partial charge in [-0.05, 0) is 37.1 Å². The molecule has 0 saturated heterocycles. The summed E-state index contributed by atoms with van der Waals surface area (Å²) in [6.07, 6.45) is 3.37. The van der Waals surface area contributed by atoms with Crippen LogP contribution in [-0.4, -0.2) is 34.7 Å². The molecule has 1 saturated carbocycles. The fourth-order valence-electron chi connectivity index (χ4n) is 2.10. The standard InChI is InChI=1S/C13H16N2O4S2/c16-20(17)8-7-12(9-20)14-10-3-5-13(6-4-10)21(18,19)15-11-1-2-11/h3-8,11-12,14-15H,1-2,9H2. The number of sulfonamides is 1. The number of anilines is 1. The Labute approximate surface area is 124 Å². The van der Waals surface area contributed by atoms with E-state index in [9.17, 15) is 16.8 Å². The predicted molar refractivity (Wildman–Crippen MR) is 80.1 cm³/mol. The first kappa shape index (κ1) is 14.6. The fourth-order valence-corrected chi connectivity index (χ4v) is 4.64. The van der Waals surface area contributed by atoms with Crippen molar-refractivity contribution in [2.45, 2.75) is 29.8 Å². The maximum atomic E-state index is 12.0. The van der Waals surface area contributed by atoms with Crippen molar-refractivity contribution in [3.05, 3.63) is 35.7 Å². The molecule has 2 N–H and O–H groups in total. The first-order valence-corrected chi connectivity index (χ1v) is 9.84. The Kier molecular flexibility index (Phi) is 3.54. The molecule has 3 rings (SSSR count). The maximum absolute atomic E-state index is 12.0. The van der Waals surface area contributed by atoms with Gasteiger partial charge in [-0.25, -0.2) is 21.6 Å². The molecular formula is C13H16N2O4S2. The third-order valence-corrected chi connectivity index (χ3v) is 6.28. The summed E-state index contributed by atoms with van der Waals surface area (Å²) in [6.45, 7) is 0. The zero-order valence-corrected chi connectivity index (χ0v) is 12.8. The zero-order valence-electron chi connectivity index (χ0n) is 11.2. The van der Waals surface area contributed by atoms with Crippen LogP contribution in [0, 0.1) is 0 Å². The molecule has 1 aliphatic carbocycles. The van der Waals surface area contributed by atoms with Gasteiger partial charge in [-0.15, -0.1) is 0 Å². The van der Waals surface area contributed by atoms with Gasteiger partial charge < -0.3 is 5.32 Å². The van der Waals surface area contributed by atoms with E-state index in [1.54, 1.807) is 18.2 Å². The van der Waals surface area contributed by atoms with E-state index in [0.717, 1.165) is 12.8 Å². The second kappa shape index (κ2) is 5.11. The molecule has 0 bridgehead atoms. The van der Waals surface area contributed by atoms with Gasteiger partial charge in [-0.2, -0.15) is 0 Å². The topological polar surface area (TPSA) is 92.3 Å². The van der Waals surface area contributed by atoms with E-state index in [1.807, 2.05) is 0 Å². The highest BCUT2D eigenvalue weighted by Crippen LogP contribution is 2.23. The van der Waals surface area contributed by atoms with Crippen LogP contribution in [0.4, 0.5) is 5.69 Å². The monoisotopic (exact) mass is 328 g/mol. The van der Waals surface area contributed by atoms with E-state index in [1.165, 1.54) is 17.5 Å². The first-order valence-electron chi connectivity index (χ1n) is 6.64. The van der Waals surface area contributed by atoms with E-state index in [0.29, 0.717) is 5.69 Å². The van der Waals surface area contributed by atoms with Gasteiger partial charge >= 0.3 is 0 Å². The maximum Gasteiger partial charge on any atom is 0.240 e. The van der Waals surface area contributed by atoms with Crippen LogP contribution in [0.5, 0.6) is 0 Å². The van der Waals surface area contributed by atoms with E-state index < -0.39 is 19.9 Å². The minimum absolute atomic E-state index is 0.0241. The Morgan fingerprint density at radius 2 is 1.76 bits per heavy atom. The van der Waals surface area contributed by atoms with Crippen molar-refractivity contribution in [1.29, 1.82) is 0 Å². The van der Waals surface area contributed by atoms with Crippen molar-refractivity contribution in [3.63, 3.8) is 0 Å². The highest BCUT2D eigenvalue weighted by molar-refractivity contribution is 7.94. The van der Waals surface area contributed by atoms with Gasteiger partial charge in [0.25, 0.3) is 0 Å². The van der Waals surface area contributed by atoms with E-state index in [2.05, 4.69) is 10.0 Å². The Bertz CT molecular complexity index is 763. The van der Waals surface area contributed by atoms with Crippen LogP contribution >= 0.6 is 0 Å². The number of rotatable bonds is 5. The molecule has 1 aromatic rings. The van der Waals surface area contributed by atoms with Crippen LogP contribution in [0.25, 0.3) is 0 Å². The summed E-state index contributed by atoms with van der Waals surface area (Å²) in [7, 11) is -6.55. The van der Waals surface area contributed by atoms with Gasteiger partial charge in [0.05, 0.1) is 16.7 Å². The summed E-state index contributed by atoms with van der Waals surface area (Å²) >= 11 is 0. The summed E-state index contributed by atoms with van der Waals surface area (Å²) in [5.41, 5.74) is 0.687. The number of hydrogen-bond acceptors (Lipinski definition) is 5. The molecular weight excluding hydrogens is 312 g/mol. The molecule has 114 valence electrons. The number of sulfone groups is 1. The molecule has 21 heavy (non-hydrogen) atoms. The Morgan fingerprint density at radius 1 is 1.10 bits per heavy atom. The van der Waals surface area contributed by atoms with Gasteiger partial charge in [-0.3, -0.25) is 0 Å². The molecule has 8 heteroatoms. The van der Waals surface area contributed by atoms with Crippen molar-refractivity contribution in [2.75, 3.05) is 11.1 Å². The molecule has 1 atom stereocenters. The van der Waals surface area contributed by atoms with Crippen molar-refractivity contribution in [3.8, 4) is 0 Å². The minimum atomic E-state index is -3.45. The van der Waals surface area contributed by atoms with E-state index in [-0.39, 0.29) is 22.7 Å². The zero-order chi connectivity index (χ0) is 15.1. The van der Waals surface area contributed by atoms with E-state index >= 15 is 0 Å². The molecule has 6 nitrogen and oxygen atoms in total. The number of benzene rings is 1. The highest BCUT2D eigenvalue weighted by atomic mass is 32.2. The molecule has 0 aromatic heterocycles. The van der Waals surface area contributed by atoms with E-state index in [4.69, 9.17) is 0 Å². The van der Waals surface area contributed by atoms with Crippen molar-refractivity contribution >= 4 is 25.5 Å². The van der Waals surface area contributed by atoms with Crippen LogP contribution in [0.1, 0.15) is 12.8 Å². The van der Waals surface area contributed by atoms with Crippen molar-refractivity contribution in [2.24, 2.45) is 0 Å².